The zero-order chi connectivity index (χ0) is 13.2. The Morgan fingerprint density at radius 2 is 1.68 bits per heavy atom. The van der Waals surface area contributed by atoms with Crippen molar-refractivity contribution < 1.29 is 0 Å². The Morgan fingerprint density at radius 3 is 2.42 bits per heavy atom. The second-order valence-electron chi connectivity index (χ2n) is 5.20. The van der Waals surface area contributed by atoms with Crippen LogP contribution in [0.2, 0.25) is 0 Å². The van der Waals surface area contributed by atoms with Gasteiger partial charge in [-0.3, -0.25) is 0 Å². The monoisotopic (exact) mass is 250 g/mol. The summed E-state index contributed by atoms with van der Waals surface area (Å²) in [5, 5.41) is 4.01. The lowest BCUT2D eigenvalue weighted by atomic mass is 9.73. The molecule has 0 saturated heterocycles. The van der Waals surface area contributed by atoms with Crippen molar-refractivity contribution >= 4 is 5.71 Å². The van der Waals surface area contributed by atoms with Gasteiger partial charge in [-0.1, -0.05) is 61.5 Å². The van der Waals surface area contributed by atoms with Gasteiger partial charge in [0.25, 0.3) is 0 Å². The summed E-state index contributed by atoms with van der Waals surface area (Å²) in [6.45, 7) is 2.21. The third kappa shape index (κ3) is 2.03. The largest absolute Gasteiger partial charge is 0.323 e. The highest BCUT2D eigenvalue weighted by atomic mass is 15.1. The normalized spacial score (nSPS) is 24.2. The molecule has 96 valence electrons. The molecule has 0 amide bonds. The molecule has 0 saturated carbocycles. The van der Waals surface area contributed by atoms with Gasteiger partial charge in [0.2, 0.25) is 0 Å². The van der Waals surface area contributed by atoms with E-state index in [9.17, 15) is 0 Å². The van der Waals surface area contributed by atoms with Crippen molar-refractivity contribution in [2.45, 2.75) is 19.3 Å². The van der Waals surface area contributed by atoms with Crippen molar-refractivity contribution in [3.8, 4) is 0 Å². The number of nitrogens with two attached hydrogens (primary N) is 1. The van der Waals surface area contributed by atoms with Crippen molar-refractivity contribution in [1.82, 2.24) is 0 Å². The van der Waals surface area contributed by atoms with Crippen LogP contribution < -0.4 is 5.84 Å². The van der Waals surface area contributed by atoms with Gasteiger partial charge in [-0.05, 0) is 17.5 Å². The highest BCUT2D eigenvalue weighted by Gasteiger charge is 2.29. The van der Waals surface area contributed by atoms with E-state index in [2.05, 4.69) is 66.6 Å². The van der Waals surface area contributed by atoms with E-state index in [0.717, 1.165) is 12.1 Å². The first-order chi connectivity index (χ1) is 9.31. The van der Waals surface area contributed by atoms with Gasteiger partial charge < -0.3 is 5.84 Å². The maximum Gasteiger partial charge on any atom is 0.0704 e. The van der Waals surface area contributed by atoms with Crippen LogP contribution in [0.15, 0.2) is 59.7 Å². The lowest BCUT2D eigenvalue weighted by Crippen LogP contribution is -2.26. The van der Waals surface area contributed by atoms with Crippen LogP contribution in [0, 0.1) is 5.92 Å². The first kappa shape index (κ1) is 12.0. The highest BCUT2D eigenvalue weighted by Crippen LogP contribution is 2.39. The maximum absolute atomic E-state index is 5.58. The predicted molar refractivity (Wildman–Crippen MR) is 79.2 cm³/mol. The van der Waals surface area contributed by atoms with E-state index >= 15 is 0 Å². The number of nitrogens with zero attached hydrogens (tertiary/aromatic N) is 1. The van der Waals surface area contributed by atoms with Crippen molar-refractivity contribution in [2.75, 3.05) is 0 Å². The second kappa shape index (κ2) is 4.88. The molecule has 1 aliphatic carbocycles. The Balaban J connectivity index is 2.14. The molecule has 2 aromatic rings. The summed E-state index contributed by atoms with van der Waals surface area (Å²) in [6, 6.07) is 19.2. The predicted octanol–water partition coefficient (Wildman–Crippen LogP) is 3.52. The van der Waals surface area contributed by atoms with Crippen molar-refractivity contribution in [3.05, 3.63) is 71.3 Å². The Labute approximate surface area is 114 Å². The van der Waals surface area contributed by atoms with Crippen LogP contribution in [-0.4, -0.2) is 5.71 Å². The summed E-state index contributed by atoms with van der Waals surface area (Å²) in [4.78, 5) is 0. The molecule has 19 heavy (non-hydrogen) atoms. The molecule has 1 aliphatic rings. The molecule has 3 rings (SSSR count). The van der Waals surface area contributed by atoms with Crippen molar-refractivity contribution in [2.24, 2.45) is 16.9 Å². The van der Waals surface area contributed by atoms with Gasteiger partial charge in [0, 0.05) is 17.4 Å². The van der Waals surface area contributed by atoms with E-state index in [0.29, 0.717) is 11.8 Å². The fraction of sp³-hybridized carbons (Fsp3) is 0.235. The molecule has 2 aromatic carbocycles. The summed E-state index contributed by atoms with van der Waals surface area (Å²) in [6.07, 6.45) is 1.07. The molecular formula is C17H18N2. The molecule has 0 aromatic heterocycles. The Bertz CT molecular complexity index is 602. The minimum absolute atomic E-state index is 0.394. The minimum atomic E-state index is 0.394. The third-order valence-corrected chi connectivity index (χ3v) is 4.01. The van der Waals surface area contributed by atoms with Crippen molar-refractivity contribution in [3.63, 3.8) is 0 Å². The fourth-order valence-corrected chi connectivity index (χ4v) is 3.09. The number of rotatable bonds is 1. The highest BCUT2D eigenvalue weighted by molar-refractivity contribution is 6.04. The summed E-state index contributed by atoms with van der Waals surface area (Å²) in [5.41, 5.74) is 4.95. The fourth-order valence-electron chi connectivity index (χ4n) is 3.09. The average molecular weight is 250 g/mol. The molecule has 2 atom stereocenters. The number of hydrogen-bond acceptors (Lipinski definition) is 2. The van der Waals surface area contributed by atoms with E-state index in [1.807, 2.05) is 0 Å². The number of fused-ring (bicyclic) bond motifs is 1. The molecule has 0 heterocycles. The number of hydrazone groups is 1. The van der Waals surface area contributed by atoms with Gasteiger partial charge in [0.1, 0.15) is 0 Å². The molecule has 0 bridgehead atoms. The van der Waals surface area contributed by atoms with E-state index in [1.54, 1.807) is 0 Å². The topological polar surface area (TPSA) is 38.4 Å². The molecule has 2 nitrogen and oxygen atoms in total. The van der Waals surface area contributed by atoms with Crippen molar-refractivity contribution in [1.29, 1.82) is 0 Å². The average Bonchev–Trinajstić information content (AvgIpc) is 2.47. The Hall–Kier alpha value is -2.09. The van der Waals surface area contributed by atoms with Gasteiger partial charge in [-0.25, -0.2) is 0 Å². The smallest absolute Gasteiger partial charge is 0.0704 e. The molecular weight excluding hydrogens is 232 g/mol. The summed E-state index contributed by atoms with van der Waals surface area (Å²) >= 11 is 0. The van der Waals surface area contributed by atoms with Crippen LogP contribution in [0.3, 0.4) is 0 Å². The lowest BCUT2D eigenvalue weighted by molar-refractivity contribution is 0.597. The first-order valence-corrected chi connectivity index (χ1v) is 6.73. The van der Waals surface area contributed by atoms with Crippen LogP contribution in [-0.2, 0) is 0 Å². The third-order valence-electron chi connectivity index (χ3n) is 4.01. The second-order valence-corrected chi connectivity index (χ2v) is 5.20. The van der Waals surface area contributed by atoms with Crippen LogP contribution in [0.25, 0.3) is 0 Å². The standard InChI is InChI=1S/C17H18N2/c1-12-11-16(13-7-3-2-4-8-13)14-9-5-6-10-15(14)17(12)19-18/h2-10,12,16H,11,18H2,1H3/b19-17-. The maximum atomic E-state index is 5.58. The zero-order valence-corrected chi connectivity index (χ0v) is 11.1. The molecule has 2 N–H and O–H groups in total. The van der Waals surface area contributed by atoms with Crippen LogP contribution >= 0.6 is 0 Å². The van der Waals surface area contributed by atoms with Gasteiger partial charge in [-0.15, -0.1) is 0 Å². The lowest BCUT2D eigenvalue weighted by Gasteiger charge is -2.31. The number of hydrogen-bond donors (Lipinski definition) is 1. The van der Waals surface area contributed by atoms with E-state index in [4.69, 9.17) is 5.84 Å². The number of benzene rings is 2. The minimum Gasteiger partial charge on any atom is -0.323 e. The Kier molecular flexibility index (Phi) is 3.08. The molecule has 2 unspecified atom stereocenters. The molecule has 0 spiro atoms. The van der Waals surface area contributed by atoms with Gasteiger partial charge in [0.15, 0.2) is 0 Å². The molecule has 0 radical (unpaired) electrons. The van der Waals surface area contributed by atoms with Gasteiger partial charge in [-0.2, -0.15) is 5.10 Å². The SMILES string of the molecule is CC1CC(c2ccccc2)c2ccccc2/C1=N\N. The summed E-state index contributed by atoms with van der Waals surface area (Å²) < 4.78 is 0. The Morgan fingerprint density at radius 1 is 1.00 bits per heavy atom. The van der Waals surface area contributed by atoms with E-state index in [-0.39, 0.29) is 0 Å². The zero-order valence-electron chi connectivity index (χ0n) is 11.1. The molecule has 0 aliphatic heterocycles. The van der Waals surface area contributed by atoms with Crippen LogP contribution in [0.1, 0.15) is 36.0 Å². The van der Waals surface area contributed by atoms with Gasteiger partial charge in [0.05, 0.1) is 5.71 Å². The quantitative estimate of drug-likeness (QED) is 0.610. The summed E-state index contributed by atoms with van der Waals surface area (Å²) in [5.74, 6) is 6.42. The van der Waals surface area contributed by atoms with E-state index < -0.39 is 0 Å². The molecule has 0 fully saturated rings. The first-order valence-electron chi connectivity index (χ1n) is 6.73. The van der Waals surface area contributed by atoms with Crippen LogP contribution in [0.4, 0.5) is 0 Å². The summed E-state index contributed by atoms with van der Waals surface area (Å²) in [7, 11) is 0. The van der Waals surface area contributed by atoms with Gasteiger partial charge >= 0.3 is 0 Å². The van der Waals surface area contributed by atoms with Crippen LogP contribution in [0.5, 0.6) is 0 Å². The molecule has 2 heteroatoms. The van der Waals surface area contributed by atoms with E-state index in [1.165, 1.54) is 16.7 Å².